The van der Waals surface area contributed by atoms with Crippen LogP contribution in [-0.4, -0.2) is 4.98 Å². The van der Waals surface area contributed by atoms with Crippen LogP contribution in [0.5, 0.6) is 0 Å². The van der Waals surface area contributed by atoms with E-state index in [-0.39, 0.29) is 5.82 Å². The fourth-order valence-corrected chi connectivity index (χ4v) is 2.28. The molecule has 23 heavy (non-hydrogen) atoms. The van der Waals surface area contributed by atoms with Crippen molar-refractivity contribution in [1.82, 2.24) is 4.98 Å². The number of pyridine rings is 1. The maximum atomic E-state index is 12.6. The second-order valence-corrected chi connectivity index (χ2v) is 5.02. The Morgan fingerprint density at radius 2 is 1.52 bits per heavy atom. The second-order valence-electron chi connectivity index (χ2n) is 5.02. The Bertz CT molecular complexity index is 810. The summed E-state index contributed by atoms with van der Waals surface area (Å²) < 4.78 is 37.9. The zero-order chi connectivity index (χ0) is 16.4. The SMILES string of the molecule is Nc1ncc(-c2cc[c]cc2)cc1-c1ccc(C(F)(F)F)cc1. The highest BCUT2D eigenvalue weighted by Gasteiger charge is 2.30. The van der Waals surface area contributed by atoms with Gasteiger partial charge in [0, 0.05) is 17.3 Å². The maximum absolute atomic E-state index is 12.6. The number of alkyl halides is 3. The molecule has 0 aliphatic heterocycles. The molecule has 3 rings (SSSR count). The maximum Gasteiger partial charge on any atom is 0.416 e. The van der Waals surface area contributed by atoms with Gasteiger partial charge in [-0.15, -0.1) is 0 Å². The van der Waals surface area contributed by atoms with Crippen LogP contribution in [0.3, 0.4) is 0 Å². The van der Waals surface area contributed by atoms with Gasteiger partial charge in [-0.05, 0) is 35.4 Å². The zero-order valence-electron chi connectivity index (χ0n) is 11.9. The van der Waals surface area contributed by atoms with Crippen molar-refractivity contribution in [3.63, 3.8) is 0 Å². The van der Waals surface area contributed by atoms with Crippen LogP contribution in [0.2, 0.25) is 0 Å². The summed E-state index contributed by atoms with van der Waals surface area (Å²) in [4.78, 5) is 4.15. The van der Waals surface area contributed by atoms with E-state index >= 15 is 0 Å². The first-order valence-electron chi connectivity index (χ1n) is 6.85. The zero-order valence-corrected chi connectivity index (χ0v) is 11.9. The van der Waals surface area contributed by atoms with E-state index in [9.17, 15) is 13.2 Å². The third-order valence-corrected chi connectivity index (χ3v) is 3.49. The van der Waals surface area contributed by atoms with Crippen molar-refractivity contribution in [3.05, 3.63) is 72.4 Å². The predicted molar refractivity (Wildman–Crippen MR) is 83.4 cm³/mol. The van der Waals surface area contributed by atoms with Gasteiger partial charge < -0.3 is 5.73 Å². The number of benzene rings is 2. The summed E-state index contributed by atoms with van der Waals surface area (Å²) in [5, 5.41) is 0. The van der Waals surface area contributed by atoms with Crippen molar-refractivity contribution in [2.75, 3.05) is 5.73 Å². The van der Waals surface area contributed by atoms with Crippen LogP contribution in [-0.2, 0) is 6.18 Å². The van der Waals surface area contributed by atoms with Gasteiger partial charge in [-0.25, -0.2) is 4.98 Å². The number of hydrogen-bond acceptors (Lipinski definition) is 2. The molecule has 3 aromatic rings. The number of halogens is 3. The van der Waals surface area contributed by atoms with Gasteiger partial charge in [0.05, 0.1) is 5.56 Å². The third-order valence-electron chi connectivity index (χ3n) is 3.49. The lowest BCUT2D eigenvalue weighted by Gasteiger charge is -2.10. The molecule has 0 aliphatic rings. The lowest BCUT2D eigenvalue weighted by molar-refractivity contribution is -0.137. The molecule has 0 amide bonds. The average molecular weight is 313 g/mol. The van der Waals surface area contributed by atoms with Gasteiger partial charge in [0.25, 0.3) is 0 Å². The molecule has 2 N–H and O–H groups in total. The third kappa shape index (κ3) is 3.18. The minimum Gasteiger partial charge on any atom is -0.383 e. The van der Waals surface area contributed by atoms with E-state index in [2.05, 4.69) is 11.1 Å². The van der Waals surface area contributed by atoms with Crippen molar-refractivity contribution in [1.29, 1.82) is 0 Å². The summed E-state index contributed by atoms with van der Waals surface area (Å²) in [6.07, 6.45) is -2.72. The molecule has 0 bridgehead atoms. The van der Waals surface area contributed by atoms with Crippen LogP contribution in [0.15, 0.2) is 60.8 Å². The number of aromatic nitrogens is 1. The molecule has 2 nitrogen and oxygen atoms in total. The van der Waals surface area contributed by atoms with E-state index in [4.69, 9.17) is 5.73 Å². The molecule has 1 heterocycles. The highest BCUT2D eigenvalue weighted by molar-refractivity contribution is 5.79. The molecule has 0 unspecified atom stereocenters. The lowest BCUT2D eigenvalue weighted by Crippen LogP contribution is -2.04. The molecule has 0 saturated carbocycles. The molecule has 1 radical (unpaired) electrons. The Hall–Kier alpha value is -2.82. The number of nitrogen functional groups attached to an aromatic ring is 1. The van der Waals surface area contributed by atoms with Gasteiger partial charge >= 0.3 is 6.18 Å². The van der Waals surface area contributed by atoms with E-state index in [0.29, 0.717) is 11.1 Å². The van der Waals surface area contributed by atoms with Crippen LogP contribution >= 0.6 is 0 Å². The largest absolute Gasteiger partial charge is 0.416 e. The van der Waals surface area contributed by atoms with E-state index in [1.807, 2.05) is 18.2 Å². The van der Waals surface area contributed by atoms with E-state index in [1.165, 1.54) is 12.1 Å². The molecule has 1 aromatic heterocycles. The summed E-state index contributed by atoms with van der Waals surface area (Å²) in [6.45, 7) is 0. The highest BCUT2D eigenvalue weighted by Crippen LogP contribution is 2.33. The van der Waals surface area contributed by atoms with Gasteiger partial charge in [-0.2, -0.15) is 13.2 Å². The predicted octanol–water partition coefficient (Wildman–Crippen LogP) is 4.82. The lowest BCUT2D eigenvalue weighted by atomic mass is 10.00. The molecule has 0 atom stereocenters. The second kappa shape index (κ2) is 5.76. The summed E-state index contributed by atoms with van der Waals surface area (Å²) in [5.74, 6) is 0.274. The van der Waals surface area contributed by atoms with Crippen LogP contribution in [0.1, 0.15) is 5.56 Å². The molecule has 2 aromatic carbocycles. The molecule has 0 saturated heterocycles. The van der Waals surface area contributed by atoms with Gasteiger partial charge in [0.2, 0.25) is 0 Å². The Labute approximate surface area is 131 Å². The van der Waals surface area contributed by atoms with Crippen molar-refractivity contribution >= 4 is 5.82 Å². The fraction of sp³-hybridized carbons (Fsp3) is 0.0556. The van der Waals surface area contributed by atoms with Crippen molar-refractivity contribution in [3.8, 4) is 22.3 Å². The minimum atomic E-state index is -4.36. The summed E-state index contributed by atoms with van der Waals surface area (Å²) in [5.41, 5.74) is 8.15. The Morgan fingerprint density at radius 1 is 0.870 bits per heavy atom. The fourth-order valence-electron chi connectivity index (χ4n) is 2.28. The first-order valence-corrected chi connectivity index (χ1v) is 6.85. The Balaban J connectivity index is 2.03. The first kappa shape index (κ1) is 15.1. The van der Waals surface area contributed by atoms with Crippen LogP contribution < -0.4 is 5.73 Å². The number of rotatable bonds is 2. The van der Waals surface area contributed by atoms with Gasteiger partial charge in [-0.1, -0.05) is 36.4 Å². The highest BCUT2D eigenvalue weighted by atomic mass is 19.4. The summed E-state index contributed by atoms with van der Waals surface area (Å²) >= 11 is 0. The van der Waals surface area contributed by atoms with E-state index in [0.717, 1.165) is 23.3 Å². The van der Waals surface area contributed by atoms with Crippen molar-refractivity contribution in [2.24, 2.45) is 0 Å². The topological polar surface area (TPSA) is 38.9 Å². The van der Waals surface area contributed by atoms with E-state index in [1.54, 1.807) is 18.3 Å². The van der Waals surface area contributed by atoms with Crippen LogP contribution in [0.25, 0.3) is 22.3 Å². The van der Waals surface area contributed by atoms with Crippen molar-refractivity contribution in [2.45, 2.75) is 6.18 Å². The monoisotopic (exact) mass is 313 g/mol. The minimum absolute atomic E-state index is 0.274. The number of nitrogens with two attached hydrogens (primary N) is 1. The molecular formula is C18H12F3N2. The molecule has 0 aliphatic carbocycles. The molecular weight excluding hydrogens is 301 g/mol. The number of nitrogens with zero attached hydrogens (tertiary/aromatic N) is 1. The summed E-state index contributed by atoms with van der Waals surface area (Å²) in [7, 11) is 0. The number of hydrogen-bond donors (Lipinski definition) is 1. The van der Waals surface area contributed by atoms with Gasteiger partial charge in [0.15, 0.2) is 0 Å². The quantitative estimate of drug-likeness (QED) is 0.737. The molecule has 0 spiro atoms. The first-order chi connectivity index (χ1) is 10.9. The average Bonchev–Trinajstić information content (AvgIpc) is 2.55. The molecule has 5 heteroatoms. The molecule has 115 valence electrons. The van der Waals surface area contributed by atoms with Crippen LogP contribution in [0.4, 0.5) is 19.0 Å². The number of anilines is 1. The summed E-state index contributed by atoms with van der Waals surface area (Å²) in [6, 6.07) is 17.0. The van der Waals surface area contributed by atoms with E-state index < -0.39 is 11.7 Å². The van der Waals surface area contributed by atoms with Gasteiger partial charge in [-0.3, -0.25) is 0 Å². The normalized spacial score (nSPS) is 11.4. The smallest absolute Gasteiger partial charge is 0.383 e. The Morgan fingerprint density at radius 3 is 2.13 bits per heavy atom. The Kier molecular flexibility index (Phi) is 3.78. The van der Waals surface area contributed by atoms with Gasteiger partial charge in [0.1, 0.15) is 5.82 Å². The van der Waals surface area contributed by atoms with Crippen molar-refractivity contribution < 1.29 is 13.2 Å². The van der Waals surface area contributed by atoms with Crippen LogP contribution in [0, 0.1) is 6.07 Å². The standard InChI is InChI=1S/C18H12F3N2/c19-18(20,21)15-8-6-13(7-9-15)16-10-14(11-23-17(16)22)12-4-2-1-3-5-12/h2-11H,(H2,22,23). The molecule has 0 fully saturated rings.